The summed E-state index contributed by atoms with van der Waals surface area (Å²) in [7, 11) is -2.91. The van der Waals surface area contributed by atoms with Crippen LogP contribution in [0.5, 0.6) is 5.88 Å². The van der Waals surface area contributed by atoms with Crippen molar-refractivity contribution >= 4 is 27.0 Å². The molecule has 2 aromatic rings. The lowest BCUT2D eigenvalue weighted by Crippen LogP contribution is -2.23. The Morgan fingerprint density at radius 2 is 2.00 bits per heavy atom. The number of fused-ring (bicyclic) bond motifs is 1. The molecule has 0 aliphatic carbocycles. The van der Waals surface area contributed by atoms with Gasteiger partial charge in [-0.3, -0.25) is 4.40 Å². The van der Waals surface area contributed by atoms with Crippen LogP contribution in [0, 0.1) is 0 Å². The molecule has 3 heterocycles. The Morgan fingerprint density at radius 3 is 2.68 bits per heavy atom. The number of sulfone groups is 1. The van der Waals surface area contributed by atoms with Gasteiger partial charge >= 0.3 is 0 Å². The largest absolute Gasteiger partial charge is 0.494 e. The third-order valence-corrected chi connectivity index (χ3v) is 5.54. The molecule has 0 radical (unpaired) electrons. The van der Waals surface area contributed by atoms with Crippen molar-refractivity contribution in [2.24, 2.45) is 0 Å². The summed E-state index contributed by atoms with van der Waals surface area (Å²) < 4.78 is 24.5. The van der Waals surface area contributed by atoms with Crippen molar-refractivity contribution < 1.29 is 13.5 Å². The monoisotopic (exact) mass is 300 g/mol. The van der Waals surface area contributed by atoms with Crippen molar-refractivity contribution in [2.75, 3.05) is 11.5 Å². The highest BCUT2D eigenvalue weighted by Crippen LogP contribution is 2.33. The maximum atomic E-state index is 11.5. The van der Waals surface area contributed by atoms with Crippen LogP contribution in [0.25, 0.3) is 5.52 Å². The Balaban J connectivity index is 2.07. The molecule has 0 bridgehead atoms. The molecule has 19 heavy (non-hydrogen) atoms. The van der Waals surface area contributed by atoms with Gasteiger partial charge in [-0.15, -0.1) is 0 Å². The van der Waals surface area contributed by atoms with Crippen LogP contribution in [0.3, 0.4) is 0 Å². The van der Waals surface area contributed by atoms with E-state index in [4.69, 9.17) is 11.6 Å². The van der Waals surface area contributed by atoms with E-state index in [0.29, 0.717) is 29.3 Å². The van der Waals surface area contributed by atoms with E-state index < -0.39 is 9.84 Å². The average Bonchev–Trinajstić information content (AvgIpc) is 2.69. The zero-order valence-electron chi connectivity index (χ0n) is 10.1. The molecule has 0 aromatic carbocycles. The van der Waals surface area contributed by atoms with Crippen molar-refractivity contribution in [3.63, 3.8) is 0 Å². The number of rotatable bonds is 1. The van der Waals surface area contributed by atoms with Gasteiger partial charge in [-0.25, -0.2) is 13.4 Å². The summed E-state index contributed by atoms with van der Waals surface area (Å²) in [6, 6.07) is 5.04. The quantitative estimate of drug-likeness (QED) is 0.874. The first-order valence-corrected chi connectivity index (χ1v) is 8.24. The molecule has 0 saturated carbocycles. The maximum absolute atomic E-state index is 11.5. The van der Waals surface area contributed by atoms with Crippen LogP contribution in [0.2, 0.25) is 5.15 Å². The maximum Gasteiger partial charge on any atom is 0.197 e. The van der Waals surface area contributed by atoms with E-state index in [9.17, 15) is 13.5 Å². The van der Waals surface area contributed by atoms with Gasteiger partial charge in [0.05, 0.1) is 17.0 Å². The lowest BCUT2D eigenvalue weighted by atomic mass is 10.0. The van der Waals surface area contributed by atoms with Gasteiger partial charge in [0.2, 0.25) is 0 Å². The van der Waals surface area contributed by atoms with Crippen LogP contribution in [0.15, 0.2) is 18.2 Å². The van der Waals surface area contributed by atoms with Crippen molar-refractivity contribution in [1.82, 2.24) is 9.38 Å². The zero-order chi connectivity index (χ0) is 13.6. The lowest BCUT2D eigenvalue weighted by Gasteiger charge is -2.21. The summed E-state index contributed by atoms with van der Waals surface area (Å²) in [5, 5.41) is 10.3. The van der Waals surface area contributed by atoms with Crippen LogP contribution >= 0.6 is 11.6 Å². The highest BCUT2D eigenvalue weighted by Gasteiger charge is 2.28. The zero-order valence-corrected chi connectivity index (χ0v) is 11.7. The molecule has 0 unspecified atom stereocenters. The topological polar surface area (TPSA) is 71.7 Å². The van der Waals surface area contributed by atoms with Gasteiger partial charge in [0.15, 0.2) is 11.0 Å². The molecule has 0 amide bonds. The average molecular weight is 301 g/mol. The van der Waals surface area contributed by atoms with Gasteiger partial charge in [0.25, 0.3) is 0 Å². The molecule has 2 aromatic heterocycles. The Hall–Kier alpha value is -1.27. The van der Waals surface area contributed by atoms with Crippen molar-refractivity contribution in [3.05, 3.63) is 29.2 Å². The molecule has 1 aliphatic rings. The van der Waals surface area contributed by atoms with Crippen molar-refractivity contribution in [2.45, 2.75) is 18.8 Å². The molecule has 0 atom stereocenters. The number of imidazole rings is 1. The van der Waals surface area contributed by atoms with Crippen LogP contribution in [0.4, 0.5) is 0 Å². The minimum absolute atomic E-state index is 0.0109. The fourth-order valence-corrected chi connectivity index (χ4v) is 4.26. The molecule has 1 saturated heterocycles. The standard InChI is InChI=1S/C12H13ClN2O3S/c13-11-9-2-1-3-10(16)15(9)12(14-11)8-4-6-19(17,18)7-5-8/h1-3,8,16H,4-7H2. The lowest BCUT2D eigenvalue weighted by molar-refractivity contribution is 0.436. The van der Waals surface area contributed by atoms with Crippen LogP contribution in [-0.4, -0.2) is 34.4 Å². The van der Waals surface area contributed by atoms with Gasteiger partial charge in [-0.1, -0.05) is 17.7 Å². The third kappa shape index (κ3) is 2.19. The first-order chi connectivity index (χ1) is 8.98. The van der Waals surface area contributed by atoms with E-state index in [1.807, 2.05) is 0 Å². The van der Waals surface area contributed by atoms with Crippen molar-refractivity contribution in [1.29, 1.82) is 0 Å². The Bertz CT molecular complexity index is 725. The van der Waals surface area contributed by atoms with E-state index in [1.165, 1.54) is 0 Å². The van der Waals surface area contributed by atoms with Crippen LogP contribution < -0.4 is 0 Å². The summed E-state index contributed by atoms with van der Waals surface area (Å²) in [6.45, 7) is 0. The van der Waals surface area contributed by atoms with E-state index in [1.54, 1.807) is 22.6 Å². The predicted octanol–water partition coefficient (Wildman–Crippen LogP) is 1.99. The summed E-state index contributed by atoms with van der Waals surface area (Å²) in [6.07, 6.45) is 1.04. The number of nitrogens with zero attached hydrogens (tertiary/aromatic N) is 2. The molecule has 102 valence electrons. The number of aromatic hydroxyl groups is 1. The normalized spacial score (nSPS) is 19.8. The molecule has 1 N–H and O–H groups in total. The Morgan fingerprint density at radius 1 is 1.32 bits per heavy atom. The van der Waals surface area contributed by atoms with Gasteiger partial charge in [0.1, 0.15) is 15.7 Å². The predicted molar refractivity (Wildman–Crippen MR) is 72.5 cm³/mol. The fourth-order valence-electron chi connectivity index (χ4n) is 2.53. The molecular weight excluding hydrogens is 288 g/mol. The highest BCUT2D eigenvalue weighted by atomic mass is 35.5. The van der Waals surface area contributed by atoms with Crippen LogP contribution in [-0.2, 0) is 9.84 Å². The number of pyridine rings is 1. The number of aromatic nitrogens is 2. The van der Waals surface area contributed by atoms with Gasteiger partial charge < -0.3 is 5.11 Å². The molecule has 5 nitrogen and oxygen atoms in total. The first kappa shape index (κ1) is 12.7. The number of hydrogen-bond donors (Lipinski definition) is 1. The smallest absolute Gasteiger partial charge is 0.197 e. The second-order valence-corrected chi connectivity index (χ2v) is 7.45. The fraction of sp³-hybridized carbons (Fsp3) is 0.417. The van der Waals surface area contributed by atoms with Gasteiger partial charge in [0, 0.05) is 5.92 Å². The molecule has 1 fully saturated rings. The van der Waals surface area contributed by atoms with Crippen LogP contribution in [0.1, 0.15) is 24.6 Å². The number of hydrogen-bond acceptors (Lipinski definition) is 4. The number of halogens is 1. The van der Waals surface area contributed by atoms with E-state index in [2.05, 4.69) is 4.98 Å². The summed E-state index contributed by atoms with van der Waals surface area (Å²) in [5.74, 6) is 1.06. The second kappa shape index (κ2) is 4.38. The van der Waals surface area contributed by atoms with E-state index >= 15 is 0 Å². The molecule has 0 spiro atoms. The minimum atomic E-state index is -2.91. The first-order valence-electron chi connectivity index (χ1n) is 6.04. The molecular formula is C12H13ClN2O3S. The molecule has 1 aliphatic heterocycles. The summed E-state index contributed by atoms with van der Waals surface area (Å²) >= 11 is 6.06. The Labute approximate surface area is 115 Å². The minimum Gasteiger partial charge on any atom is -0.494 e. The van der Waals surface area contributed by atoms with Gasteiger partial charge in [-0.2, -0.15) is 0 Å². The third-order valence-electron chi connectivity index (χ3n) is 3.54. The van der Waals surface area contributed by atoms with E-state index in [0.717, 1.165) is 0 Å². The Kier molecular flexibility index (Phi) is 2.94. The summed E-state index contributed by atoms with van der Waals surface area (Å²) in [4.78, 5) is 4.30. The summed E-state index contributed by atoms with van der Waals surface area (Å²) in [5.41, 5.74) is 0.644. The van der Waals surface area contributed by atoms with Gasteiger partial charge in [-0.05, 0) is 25.0 Å². The molecule has 7 heteroatoms. The van der Waals surface area contributed by atoms with Crippen molar-refractivity contribution in [3.8, 4) is 5.88 Å². The second-order valence-electron chi connectivity index (χ2n) is 4.79. The van der Waals surface area contributed by atoms with E-state index in [-0.39, 0.29) is 23.3 Å². The SMILES string of the molecule is O=S1(=O)CCC(c2nc(Cl)c3cccc(O)n23)CC1. The molecule has 3 rings (SSSR count). The highest BCUT2D eigenvalue weighted by molar-refractivity contribution is 7.91.